The van der Waals surface area contributed by atoms with Crippen molar-refractivity contribution in [2.24, 2.45) is 0 Å². The van der Waals surface area contributed by atoms with Crippen LogP contribution in [0.1, 0.15) is 37.9 Å². The van der Waals surface area contributed by atoms with Gasteiger partial charge in [0.2, 0.25) is 0 Å². The van der Waals surface area contributed by atoms with Crippen molar-refractivity contribution in [3.05, 3.63) is 95.4 Å². The molecule has 7 heteroatoms. The molecule has 4 heterocycles. The number of aromatic amines is 1. The number of nitrogens with one attached hydrogen (secondary N) is 2. The van der Waals surface area contributed by atoms with Crippen LogP contribution in [0.3, 0.4) is 0 Å². The fourth-order valence-corrected chi connectivity index (χ4v) is 5.04. The standard InChI is InChI=1S/C26H23N5O2/c32-25-19-6-2-1-5-18(19)24(20-7-3-4-8-22(20)29-25)30-11-13-31(14-12-30)26(33)21-16-27-15-17-9-10-28-23(17)21/h1-10,15-16,24,28H,11-14H2,(H,29,32). The molecule has 164 valence electrons. The van der Waals surface area contributed by atoms with E-state index >= 15 is 0 Å². The minimum absolute atomic E-state index is 0.00582. The Morgan fingerprint density at radius 3 is 2.52 bits per heavy atom. The molecule has 0 aliphatic carbocycles. The quantitative estimate of drug-likeness (QED) is 0.501. The predicted molar refractivity (Wildman–Crippen MR) is 126 cm³/mol. The number of aromatic nitrogens is 2. The number of benzene rings is 2. The molecule has 7 nitrogen and oxygen atoms in total. The van der Waals surface area contributed by atoms with E-state index in [0.717, 1.165) is 27.7 Å². The summed E-state index contributed by atoms with van der Waals surface area (Å²) in [5.74, 6) is -0.0883. The van der Waals surface area contributed by atoms with E-state index < -0.39 is 0 Å². The summed E-state index contributed by atoms with van der Waals surface area (Å²) >= 11 is 0. The van der Waals surface area contributed by atoms with E-state index in [4.69, 9.17) is 0 Å². The van der Waals surface area contributed by atoms with Gasteiger partial charge in [-0.25, -0.2) is 0 Å². The van der Waals surface area contributed by atoms with E-state index in [-0.39, 0.29) is 17.9 Å². The van der Waals surface area contributed by atoms with Gasteiger partial charge in [0, 0.05) is 61.4 Å². The number of H-pyrrole nitrogens is 1. The Kier molecular flexibility index (Phi) is 4.69. The summed E-state index contributed by atoms with van der Waals surface area (Å²) in [6.45, 7) is 2.64. The molecule has 6 rings (SSSR count). The Balaban J connectivity index is 1.30. The summed E-state index contributed by atoms with van der Waals surface area (Å²) in [6.07, 6.45) is 5.23. The summed E-state index contributed by atoms with van der Waals surface area (Å²) in [6, 6.07) is 17.7. The van der Waals surface area contributed by atoms with E-state index in [1.54, 1.807) is 12.4 Å². The maximum atomic E-state index is 13.3. The fourth-order valence-electron chi connectivity index (χ4n) is 5.04. The number of para-hydroxylation sites is 1. The van der Waals surface area contributed by atoms with E-state index in [1.807, 2.05) is 59.6 Å². The van der Waals surface area contributed by atoms with Crippen LogP contribution >= 0.6 is 0 Å². The Morgan fingerprint density at radius 2 is 1.67 bits per heavy atom. The molecule has 2 aromatic heterocycles. The molecule has 33 heavy (non-hydrogen) atoms. The molecule has 4 aromatic rings. The highest BCUT2D eigenvalue weighted by molar-refractivity contribution is 6.07. The normalized spacial score (nSPS) is 18.4. The number of pyridine rings is 1. The number of carbonyl (C=O) groups excluding carboxylic acids is 2. The maximum absolute atomic E-state index is 13.3. The predicted octanol–water partition coefficient (Wildman–Crippen LogP) is 3.68. The second kappa shape index (κ2) is 7.86. The second-order valence-corrected chi connectivity index (χ2v) is 8.49. The molecule has 2 N–H and O–H groups in total. The van der Waals surface area contributed by atoms with E-state index in [9.17, 15) is 9.59 Å². The van der Waals surface area contributed by atoms with Crippen molar-refractivity contribution in [2.45, 2.75) is 6.04 Å². The first kappa shape index (κ1) is 19.7. The highest BCUT2D eigenvalue weighted by atomic mass is 16.2. The van der Waals surface area contributed by atoms with Gasteiger partial charge in [-0.1, -0.05) is 36.4 Å². The van der Waals surface area contributed by atoms with Gasteiger partial charge in [0.15, 0.2) is 0 Å². The lowest BCUT2D eigenvalue weighted by atomic mass is 9.93. The van der Waals surface area contributed by atoms with Gasteiger partial charge < -0.3 is 15.2 Å². The Labute approximate surface area is 191 Å². The number of nitrogens with zero attached hydrogens (tertiary/aromatic N) is 3. The highest BCUT2D eigenvalue weighted by Crippen LogP contribution is 2.38. The van der Waals surface area contributed by atoms with Gasteiger partial charge >= 0.3 is 0 Å². The molecule has 1 unspecified atom stereocenters. The van der Waals surface area contributed by atoms with E-state index in [1.165, 1.54) is 0 Å². The summed E-state index contributed by atoms with van der Waals surface area (Å²) < 4.78 is 0. The summed E-state index contributed by atoms with van der Waals surface area (Å²) in [7, 11) is 0. The van der Waals surface area contributed by atoms with Crippen molar-refractivity contribution in [1.82, 2.24) is 19.8 Å². The van der Waals surface area contributed by atoms with Crippen molar-refractivity contribution in [2.75, 3.05) is 31.5 Å². The number of rotatable bonds is 2. The molecule has 1 saturated heterocycles. The molecule has 1 fully saturated rings. The van der Waals surface area contributed by atoms with Crippen LogP contribution in [0.25, 0.3) is 10.9 Å². The first-order chi connectivity index (χ1) is 16.2. The van der Waals surface area contributed by atoms with Crippen molar-refractivity contribution in [1.29, 1.82) is 0 Å². The fraction of sp³-hybridized carbons (Fsp3) is 0.192. The second-order valence-electron chi connectivity index (χ2n) is 8.49. The molecule has 0 saturated carbocycles. The summed E-state index contributed by atoms with van der Waals surface area (Å²) in [5.41, 5.74) is 5.05. The first-order valence-corrected chi connectivity index (χ1v) is 11.1. The molecular formula is C26H23N5O2. The first-order valence-electron chi connectivity index (χ1n) is 11.1. The molecule has 0 spiro atoms. The summed E-state index contributed by atoms with van der Waals surface area (Å²) in [4.78, 5) is 37.8. The van der Waals surface area contributed by atoms with Gasteiger partial charge in [0.1, 0.15) is 0 Å². The summed E-state index contributed by atoms with van der Waals surface area (Å²) in [5, 5.41) is 4.00. The van der Waals surface area contributed by atoms with Gasteiger partial charge in [0.05, 0.1) is 17.1 Å². The number of carbonyl (C=O) groups is 2. The number of amides is 2. The topological polar surface area (TPSA) is 81.3 Å². The Hall–Kier alpha value is -3.97. The van der Waals surface area contributed by atoms with Crippen LogP contribution in [-0.2, 0) is 0 Å². The molecular weight excluding hydrogens is 414 g/mol. The van der Waals surface area contributed by atoms with Crippen molar-refractivity contribution >= 4 is 28.4 Å². The molecule has 2 aromatic carbocycles. The smallest absolute Gasteiger partial charge is 0.257 e. The molecule has 0 bridgehead atoms. The van der Waals surface area contributed by atoms with Crippen LogP contribution in [0.15, 0.2) is 73.2 Å². The zero-order valence-electron chi connectivity index (χ0n) is 18.0. The van der Waals surface area contributed by atoms with Crippen molar-refractivity contribution in [3.8, 4) is 0 Å². The molecule has 2 aliphatic rings. The molecule has 2 aliphatic heterocycles. The third kappa shape index (κ3) is 3.29. The average Bonchev–Trinajstić information content (AvgIpc) is 3.30. The highest BCUT2D eigenvalue weighted by Gasteiger charge is 2.34. The van der Waals surface area contributed by atoms with Gasteiger partial charge in [-0.2, -0.15) is 0 Å². The number of anilines is 1. The number of hydrogen-bond acceptors (Lipinski definition) is 4. The monoisotopic (exact) mass is 437 g/mol. The van der Waals surface area contributed by atoms with Gasteiger partial charge in [-0.3, -0.25) is 19.5 Å². The third-order valence-corrected chi connectivity index (χ3v) is 6.67. The Bertz CT molecular complexity index is 1370. The van der Waals surface area contributed by atoms with Crippen LogP contribution in [0.5, 0.6) is 0 Å². The minimum atomic E-state index is -0.0825. The lowest BCUT2D eigenvalue weighted by Gasteiger charge is -2.40. The van der Waals surface area contributed by atoms with E-state index in [2.05, 4.69) is 26.3 Å². The largest absolute Gasteiger partial charge is 0.360 e. The SMILES string of the molecule is O=C1Nc2ccccc2C(N2CCN(C(=O)c3cncc4cc[nH]c34)CC2)c2ccccc21. The van der Waals surface area contributed by atoms with Crippen LogP contribution in [0.4, 0.5) is 5.69 Å². The van der Waals surface area contributed by atoms with Crippen LogP contribution in [0.2, 0.25) is 0 Å². The average molecular weight is 438 g/mol. The van der Waals surface area contributed by atoms with Crippen LogP contribution < -0.4 is 5.32 Å². The lowest BCUT2D eigenvalue weighted by Crippen LogP contribution is -2.50. The molecule has 2 amide bonds. The van der Waals surface area contributed by atoms with Gasteiger partial charge in [-0.15, -0.1) is 0 Å². The zero-order chi connectivity index (χ0) is 22.4. The number of piperazine rings is 1. The van der Waals surface area contributed by atoms with Gasteiger partial charge in [0.25, 0.3) is 11.8 Å². The number of fused-ring (bicyclic) bond motifs is 3. The third-order valence-electron chi connectivity index (χ3n) is 6.67. The Morgan fingerprint density at radius 1 is 0.909 bits per heavy atom. The minimum Gasteiger partial charge on any atom is -0.360 e. The van der Waals surface area contributed by atoms with E-state index in [0.29, 0.717) is 37.3 Å². The number of hydrogen-bond donors (Lipinski definition) is 2. The van der Waals surface area contributed by atoms with Crippen LogP contribution in [-0.4, -0.2) is 57.8 Å². The van der Waals surface area contributed by atoms with Crippen molar-refractivity contribution < 1.29 is 9.59 Å². The van der Waals surface area contributed by atoms with Crippen molar-refractivity contribution in [3.63, 3.8) is 0 Å². The maximum Gasteiger partial charge on any atom is 0.257 e. The molecule has 1 atom stereocenters. The zero-order valence-corrected chi connectivity index (χ0v) is 18.0. The van der Waals surface area contributed by atoms with Gasteiger partial charge in [-0.05, 0) is 29.3 Å². The lowest BCUT2D eigenvalue weighted by molar-refractivity contribution is 0.0599. The van der Waals surface area contributed by atoms with Crippen LogP contribution in [0, 0.1) is 0 Å². The molecule has 0 radical (unpaired) electrons.